The van der Waals surface area contributed by atoms with Crippen LogP contribution in [0, 0.1) is 12.8 Å². The van der Waals surface area contributed by atoms with E-state index in [4.69, 9.17) is 4.98 Å². The molecule has 204 valence electrons. The van der Waals surface area contributed by atoms with Crippen LogP contribution in [-0.2, 0) is 17.3 Å². The number of benzene rings is 2. The summed E-state index contributed by atoms with van der Waals surface area (Å²) in [5, 5.41) is 3.82. The first-order valence-electron chi connectivity index (χ1n) is 14.5. The fourth-order valence-electron chi connectivity index (χ4n) is 6.45. The Kier molecular flexibility index (Phi) is 6.31. The van der Waals surface area contributed by atoms with Gasteiger partial charge in [0.1, 0.15) is 0 Å². The van der Waals surface area contributed by atoms with Crippen LogP contribution in [0.3, 0.4) is 0 Å². The van der Waals surface area contributed by atoms with Gasteiger partial charge in [-0.2, -0.15) is 0 Å². The normalized spacial score (nSPS) is 14.8. The summed E-state index contributed by atoms with van der Waals surface area (Å²) in [5.74, 6) is 0.655. The summed E-state index contributed by atoms with van der Waals surface area (Å²) in [7, 11) is 0. The van der Waals surface area contributed by atoms with Crippen LogP contribution in [0.25, 0.3) is 48.8 Å². The first-order chi connectivity index (χ1) is 18.8. The SMILES string of the molecule is CC1=CC(C)(C)c2nc(-c3cc(C(C)(C)C)c4ccncc4c3)cc(-c3ccc4c(C)c(CC(C)C)sc4c3)c21. The lowest BCUT2D eigenvalue weighted by Gasteiger charge is -2.24. The molecule has 3 heterocycles. The number of allylic oxidation sites excluding steroid dienone is 2. The topological polar surface area (TPSA) is 25.8 Å². The van der Waals surface area contributed by atoms with Gasteiger partial charge in [-0.3, -0.25) is 9.97 Å². The van der Waals surface area contributed by atoms with E-state index in [9.17, 15) is 0 Å². The van der Waals surface area contributed by atoms with Crippen LogP contribution in [0.15, 0.2) is 60.9 Å². The summed E-state index contributed by atoms with van der Waals surface area (Å²) >= 11 is 1.96. The highest BCUT2D eigenvalue weighted by atomic mass is 32.1. The Balaban J connectivity index is 1.60. The summed E-state index contributed by atoms with van der Waals surface area (Å²) in [6.45, 7) is 20.6. The molecule has 40 heavy (non-hydrogen) atoms. The van der Waals surface area contributed by atoms with Crippen molar-refractivity contribution >= 4 is 37.8 Å². The zero-order chi connectivity index (χ0) is 28.6. The van der Waals surface area contributed by atoms with Gasteiger partial charge in [0.15, 0.2) is 0 Å². The van der Waals surface area contributed by atoms with E-state index >= 15 is 0 Å². The van der Waals surface area contributed by atoms with Gasteiger partial charge in [0.2, 0.25) is 0 Å². The second kappa shape index (κ2) is 9.38. The molecule has 3 heteroatoms. The molecule has 1 aliphatic carbocycles. The van der Waals surface area contributed by atoms with Crippen molar-refractivity contribution in [2.75, 3.05) is 0 Å². The van der Waals surface area contributed by atoms with E-state index in [-0.39, 0.29) is 10.8 Å². The lowest BCUT2D eigenvalue weighted by molar-refractivity contribution is 0.596. The van der Waals surface area contributed by atoms with Crippen molar-refractivity contribution in [1.29, 1.82) is 0 Å². The molecule has 0 spiro atoms. The van der Waals surface area contributed by atoms with Gasteiger partial charge >= 0.3 is 0 Å². The summed E-state index contributed by atoms with van der Waals surface area (Å²) in [6.07, 6.45) is 7.41. The quantitative estimate of drug-likeness (QED) is 0.225. The molecule has 3 aromatic heterocycles. The molecule has 2 nitrogen and oxygen atoms in total. The standard InChI is InChI=1S/C37H40N2S/c1-21(2)14-32-23(4)27-11-10-24(17-33(27)40-32)29-18-31(39-35-34(29)22(3)19-37(35,8)9)25-15-26-20-38-13-12-28(26)30(16-25)36(5,6)7/h10-13,15-21H,14H2,1-9H3. The number of hydrogen-bond donors (Lipinski definition) is 0. The Bertz CT molecular complexity index is 1830. The molecule has 0 saturated heterocycles. The van der Waals surface area contributed by atoms with Crippen LogP contribution in [-0.4, -0.2) is 9.97 Å². The van der Waals surface area contributed by atoms with Crippen LogP contribution < -0.4 is 0 Å². The highest BCUT2D eigenvalue weighted by Gasteiger charge is 2.33. The number of fused-ring (bicyclic) bond motifs is 3. The van der Waals surface area contributed by atoms with E-state index in [2.05, 4.69) is 116 Å². The molecule has 1 aliphatic rings. The van der Waals surface area contributed by atoms with Crippen molar-refractivity contribution in [3.63, 3.8) is 0 Å². The van der Waals surface area contributed by atoms with Gasteiger partial charge in [-0.05, 0) is 101 Å². The molecular weight excluding hydrogens is 504 g/mol. The molecule has 0 atom stereocenters. The third-order valence-electron chi connectivity index (χ3n) is 8.40. The zero-order valence-electron chi connectivity index (χ0n) is 25.4. The highest BCUT2D eigenvalue weighted by molar-refractivity contribution is 7.19. The van der Waals surface area contributed by atoms with Gasteiger partial charge in [-0.25, -0.2) is 0 Å². The lowest BCUT2D eigenvalue weighted by atomic mass is 9.82. The molecule has 0 unspecified atom stereocenters. The first kappa shape index (κ1) is 26.9. The van der Waals surface area contributed by atoms with Crippen LogP contribution in [0.1, 0.15) is 82.7 Å². The largest absolute Gasteiger partial charge is 0.264 e. The lowest BCUT2D eigenvalue weighted by Crippen LogP contribution is -2.15. The monoisotopic (exact) mass is 544 g/mol. The van der Waals surface area contributed by atoms with E-state index in [1.165, 1.54) is 59.4 Å². The van der Waals surface area contributed by atoms with Crippen molar-refractivity contribution in [2.24, 2.45) is 5.92 Å². The molecule has 0 bridgehead atoms. The average molecular weight is 545 g/mol. The van der Waals surface area contributed by atoms with Crippen molar-refractivity contribution in [3.05, 3.63) is 88.2 Å². The number of rotatable bonds is 4. The van der Waals surface area contributed by atoms with E-state index in [1.54, 1.807) is 0 Å². The average Bonchev–Trinajstić information content (AvgIpc) is 3.32. The maximum absolute atomic E-state index is 5.39. The maximum Gasteiger partial charge on any atom is 0.0712 e. The number of thiophene rings is 1. The third-order valence-corrected chi connectivity index (χ3v) is 9.68. The molecule has 6 rings (SSSR count). The minimum absolute atomic E-state index is 0.00233. The number of hydrogen-bond acceptors (Lipinski definition) is 3. The van der Waals surface area contributed by atoms with Crippen molar-refractivity contribution in [1.82, 2.24) is 9.97 Å². The van der Waals surface area contributed by atoms with Crippen LogP contribution in [0.4, 0.5) is 0 Å². The van der Waals surface area contributed by atoms with Gasteiger partial charge in [-0.1, -0.05) is 66.7 Å². The fraction of sp³-hybridized carbons (Fsp3) is 0.351. The minimum atomic E-state index is -0.122. The Labute approximate surface area is 243 Å². The molecule has 0 N–H and O–H groups in total. The minimum Gasteiger partial charge on any atom is -0.264 e. The van der Waals surface area contributed by atoms with Crippen LogP contribution >= 0.6 is 11.3 Å². The van der Waals surface area contributed by atoms with Gasteiger partial charge in [0, 0.05) is 43.9 Å². The zero-order valence-corrected chi connectivity index (χ0v) is 26.2. The van der Waals surface area contributed by atoms with Crippen LogP contribution in [0.2, 0.25) is 0 Å². The number of pyridine rings is 2. The van der Waals surface area contributed by atoms with Crippen molar-refractivity contribution < 1.29 is 0 Å². The summed E-state index contributed by atoms with van der Waals surface area (Å²) in [5.41, 5.74) is 11.2. The van der Waals surface area contributed by atoms with Gasteiger partial charge in [0.05, 0.1) is 11.4 Å². The van der Waals surface area contributed by atoms with Crippen LogP contribution in [0.5, 0.6) is 0 Å². The highest BCUT2D eigenvalue weighted by Crippen LogP contribution is 2.47. The first-order valence-corrected chi connectivity index (χ1v) is 15.3. The molecule has 2 aromatic carbocycles. The molecule has 0 radical (unpaired) electrons. The Morgan fingerprint density at radius 2 is 1.70 bits per heavy atom. The van der Waals surface area contributed by atoms with Gasteiger partial charge in [-0.15, -0.1) is 11.3 Å². The number of aryl methyl sites for hydroxylation is 1. The molecular formula is C37H40N2S. The van der Waals surface area contributed by atoms with Crippen molar-refractivity contribution in [3.8, 4) is 22.4 Å². The second-order valence-corrected chi connectivity index (χ2v) is 14.8. The summed E-state index contributed by atoms with van der Waals surface area (Å²) < 4.78 is 1.38. The van der Waals surface area contributed by atoms with Gasteiger partial charge in [0.25, 0.3) is 0 Å². The molecule has 0 saturated carbocycles. The summed E-state index contributed by atoms with van der Waals surface area (Å²) in [4.78, 5) is 11.4. The number of aromatic nitrogens is 2. The molecule has 0 amide bonds. The van der Waals surface area contributed by atoms with E-state index < -0.39 is 0 Å². The predicted octanol–water partition coefficient (Wildman–Crippen LogP) is 10.7. The van der Waals surface area contributed by atoms with E-state index in [0.717, 1.165) is 23.1 Å². The van der Waals surface area contributed by atoms with Crippen molar-refractivity contribution in [2.45, 2.75) is 79.6 Å². The number of nitrogens with zero attached hydrogens (tertiary/aromatic N) is 2. The predicted molar refractivity (Wildman–Crippen MR) is 174 cm³/mol. The molecule has 0 fully saturated rings. The second-order valence-electron chi connectivity index (χ2n) is 13.7. The Hall–Kier alpha value is -3.30. The maximum atomic E-state index is 5.39. The Morgan fingerprint density at radius 3 is 2.42 bits per heavy atom. The third kappa shape index (κ3) is 4.49. The molecule has 5 aromatic rings. The molecule has 0 aliphatic heterocycles. The van der Waals surface area contributed by atoms with Gasteiger partial charge < -0.3 is 0 Å². The smallest absolute Gasteiger partial charge is 0.0712 e. The summed E-state index contributed by atoms with van der Waals surface area (Å²) in [6, 6.07) is 16.2. The van der Waals surface area contributed by atoms with E-state index in [0.29, 0.717) is 5.92 Å². The van der Waals surface area contributed by atoms with E-state index in [1.807, 2.05) is 23.7 Å². The fourth-order valence-corrected chi connectivity index (χ4v) is 7.92. The Morgan fingerprint density at radius 1 is 0.925 bits per heavy atom.